The van der Waals surface area contributed by atoms with Crippen LogP contribution in [-0.4, -0.2) is 24.7 Å². The lowest BCUT2D eigenvalue weighted by molar-refractivity contribution is 0.543. The quantitative estimate of drug-likeness (QED) is 0.771. The SMILES string of the molecule is Cc1ncc(-c2nc3c([nH]2)c(C)nn3C(C)C)s1. The fourth-order valence-corrected chi connectivity index (χ4v) is 2.71. The summed E-state index contributed by atoms with van der Waals surface area (Å²) in [5.74, 6) is 0.880. The van der Waals surface area contributed by atoms with Crippen molar-refractivity contribution >= 4 is 22.5 Å². The molecule has 0 unspecified atom stereocenters. The molecule has 0 aliphatic carbocycles. The topological polar surface area (TPSA) is 59.4 Å². The highest BCUT2D eigenvalue weighted by Gasteiger charge is 2.16. The van der Waals surface area contributed by atoms with E-state index >= 15 is 0 Å². The molecule has 0 aliphatic rings. The van der Waals surface area contributed by atoms with Crippen molar-refractivity contribution in [3.8, 4) is 10.7 Å². The third kappa shape index (κ3) is 1.64. The van der Waals surface area contributed by atoms with E-state index < -0.39 is 0 Å². The second kappa shape index (κ2) is 3.91. The summed E-state index contributed by atoms with van der Waals surface area (Å²) in [6.07, 6.45) is 1.86. The zero-order chi connectivity index (χ0) is 12.9. The Hall–Kier alpha value is -1.69. The van der Waals surface area contributed by atoms with Crippen molar-refractivity contribution in [3.05, 3.63) is 16.9 Å². The Morgan fingerprint density at radius 1 is 1.33 bits per heavy atom. The Labute approximate surface area is 109 Å². The van der Waals surface area contributed by atoms with Gasteiger partial charge in [-0.1, -0.05) is 0 Å². The molecule has 6 heteroatoms. The van der Waals surface area contributed by atoms with E-state index in [0.29, 0.717) is 6.04 Å². The standard InChI is InChI=1S/C12H15N5S/c1-6(2)17-12-10(7(3)16-17)14-11(15-12)9-5-13-8(4)18-9/h5-6H,1-4H3,(H,14,15). The van der Waals surface area contributed by atoms with Crippen molar-refractivity contribution in [1.29, 1.82) is 0 Å². The fourth-order valence-electron chi connectivity index (χ4n) is 1.99. The first-order chi connectivity index (χ1) is 8.56. The summed E-state index contributed by atoms with van der Waals surface area (Å²) in [5, 5.41) is 5.55. The van der Waals surface area contributed by atoms with Crippen LogP contribution in [0.4, 0.5) is 0 Å². The first kappa shape index (κ1) is 11.4. The molecule has 3 aromatic rings. The summed E-state index contributed by atoms with van der Waals surface area (Å²) in [5.41, 5.74) is 2.92. The molecule has 0 aromatic carbocycles. The van der Waals surface area contributed by atoms with Crippen LogP contribution in [0.25, 0.3) is 21.9 Å². The third-order valence-corrected chi connectivity index (χ3v) is 3.78. The second-order valence-corrected chi connectivity index (χ2v) is 5.89. The minimum absolute atomic E-state index is 0.306. The summed E-state index contributed by atoms with van der Waals surface area (Å²) in [4.78, 5) is 13.3. The lowest BCUT2D eigenvalue weighted by atomic mass is 10.4. The van der Waals surface area contributed by atoms with Crippen LogP contribution in [0.1, 0.15) is 30.6 Å². The Bertz CT molecular complexity index is 703. The highest BCUT2D eigenvalue weighted by molar-refractivity contribution is 7.14. The summed E-state index contributed by atoms with van der Waals surface area (Å²) < 4.78 is 1.96. The number of thiazole rings is 1. The number of H-pyrrole nitrogens is 1. The number of aryl methyl sites for hydroxylation is 2. The van der Waals surface area contributed by atoms with Crippen LogP contribution >= 0.6 is 11.3 Å². The van der Waals surface area contributed by atoms with Gasteiger partial charge >= 0.3 is 0 Å². The molecule has 3 heterocycles. The van der Waals surface area contributed by atoms with Crippen LogP contribution in [0, 0.1) is 13.8 Å². The minimum Gasteiger partial charge on any atom is -0.334 e. The third-order valence-electron chi connectivity index (χ3n) is 2.87. The number of rotatable bonds is 2. The van der Waals surface area contributed by atoms with Gasteiger partial charge in [-0.3, -0.25) is 0 Å². The van der Waals surface area contributed by atoms with Gasteiger partial charge in [-0.25, -0.2) is 14.6 Å². The maximum absolute atomic E-state index is 4.65. The van der Waals surface area contributed by atoms with Gasteiger partial charge in [0.2, 0.25) is 0 Å². The Kier molecular flexibility index (Phi) is 2.48. The van der Waals surface area contributed by atoms with E-state index in [1.165, 1.54) is 0 Å². The molecule has 0 saturated heterocycles. The lowest BCUT2D eigenvalue weighted by Crippen LogP contribution is -2.03. The number of aromatic amines is 1. The zero-order valence-corrected chi connectivity index (χ0v) is 11.7. The first-order valence-corrected chi connectivity index (χ1v) is 6.75. The molecule has 18 heavy (non-hydrogen) atoms. The summed E-state index contributed by atoms with van der Waals surface area (Å²) in [6, 6.07) is 0.306. The number of imidazole rings is 1. The maximum Gasteiger partial charge on any atom is 0.177 e. The predicted octanol–water partition coefficient (Wildman–Crippen LogP) is 3.08. The Morgan fingerprint density at radius 3 is 2.72 bits per heavy atom. The van der Waals surface area contributed by atoms with E-state index in [0.717, 1.165) is 32.6 Å². The van der Waals surface area contributed by atoms with Crippen LogP contribution in [0.5, 0.6) is 0 Å². The van der Waals surface area contributed by atoms with Crippen molar-refractivity contribution < 1.29 is 0 Å². The van der Waals surface area contributed by atoms with Crippen LogP contribution in [0.15, 0.2) is 6.20 Å². The molecule has 0 radical (unpaired) electrons. The summed E-state index contributed by atoms with van der Waals surface area (Å²) in [7, 11) is 0. The highest BCUT2D eigenvalue weighted by atomic mass is 32.1. The van der Waals surface area contributed by atoms with Crippen LogP contribution < -0.4 is 0 Å². The van der Waals surface area contributed by atoms with Crippen molar-refractivity contribution in [1.82, 2.24) is 24.7 Å². The van der Waals surface area contributed by atoms with Gasteiger partial charge in [0.15, 0.2) is 11.5 Å². The summed E-state index contributed by atoms with van der Waals surface area (Å²) >= 11 is 1.65. The van der Waals surface area contributed by atoms with Crippen molar-refractivity contribution in [2.75, 3.05) is 0 Å². The van der Waals surface area contributed by atoms with Crippen molar-refractivity contribution in [3.63, 3.8) is 0 Å². The summed E-state index contributed by atoms with van der Waals surface area (Å²) in [6.45, 7) is 8.22. The number of nitrogens with one attached hydrogen (secondary N) is 1. The number of nitrogens with zero attached hydrogens (tertiary/aromatic N) is 4. The first-order valence-electron chi connectivity index (χ1n) is 5.94. The number of fused-ring (bicyclic) bond motifs is 1. The van der Waals surface area contributed by atoms with Gasteiger partial charge in [0.1, 0.15) is 5.52 Å². The van der Waals surface area contributed by atoms with E-state index in [2.05, 4.69) is 33.9 Å². The molecule has 0 saturated carbocycles. The van der Waals surface area contributed by atoms with Gasteiger partial charge in [0.25, 0.3) is 0 Å². The minimum atomic E-state index is 0.306. The average Bonchev–Trinajstić information content (AvgIpc) is 2.95. The van der Waals surface area contributed by atoms with Crippen molar-refractivity contribution in [2.24, 2.45) is 0 Å². The van der Waals surface area contributed by atoms with Gasteiger partial charge in [0.05, 0.1) is 15.6 Å². The molecule has 3 aromatic heterocycles. The van der Waals surface area contributed by atoms with Crippen LogP contribution in [0.3, 0.4) is 0 Å². The fraction of sp³-hybridized carbons (Fsp3) is 0.417. The molecule has 3 rings (SSSR count). The maximum atomic E-state index is 4.65. The lowest BCUT2D eigenvalue weighted by Gasteiger charge is -2.03. The average molecular weight is 261 g/mol. The monoisotopic (exact) mass is 261 g/mol. The molecule has 0 atom stereocenters. The Morgan fingerprint density at radius 2 is 2.11 bits per heavy atom. The molecule has 1 N–H and O–H groups in total. The predicted molar refractivity (Wildman–Crippen MR) is 72.8 cm³/mol. The molecular formula is C12H15N5S. The van der Waals surface area contributed by atoms with E-state index in [1.807, 2.05) is 24.7 Å². The van der Waals surface area contributed by atoms with Crippen molar-refractivity contribution in [2.45, 2.75) is 33.7 Å². The molecular weight excluding hydrogens is 246 g/mol. The van der Waals surface area contributed by atoms with E-state index in [4.69, 9.17) is 0 Å². The molecule has 0 spiro atoms. The van der Waals surface area contributed by atoms with Gasteiger partial charge < -0.3 is 4.98 Å². The van der Waals surface area contributed by atoms with E-state index in [-0.39, 0.29) is 0 Å². The normalized spacial score (nSPS) is 11.8. The number of aromatic nitrogens is 5. The largest absolute Gasteiger partial charge is 0.334 e. The number of hydrogen-bond donors (Lipinski definition) is 1. The van der Waals surface area contributed by atoms with Gasteiger partial charge in [-0.05, 0) is 27.7 Å². The Balaban J connectivity index is 2.19. The zero-order valence-electron chi connectivity index (χ0n) is 10.9. The number of hydrogen-bond acceptors (Lipinski definition) is 4. The molecule has 0 fully saturated rings. The van der Waals surface area contributed by atoms with Gasteiger partial charge in [-0.15, -0.1) is 11.3 Å². The molecule has 0 bridgehead atoms. The molecule has 94 valence electrons. The van der Waals surface area contributed by atoms with Crippen LogP contribution in [-0.2, 0) is 0 Å². The highest BCUT2D eigenvalue weighted by Crippen LogP contribution is 2.27. The smallest absolute Gasteiger partial charge is 0.177 e. The van der Waals surface area contributed by atoms with Crippen LogP contribution in [0.2, 0.25) is 0 Å². The van der Waals surface area contributed by atoms with E-state index in [9.17, 15) is 0 Å². The molecule has 5 nitrogen and oxygen atoms in total. The molecule has 0 amide bonds. The van der Waals surface area contributed by atoms with Gasteiger partial charge in [0, 0.05) is 12.2 Å². The van der Waals surface area contributed by atoms with Gasteiger partial charge in [-0.2, -0.15) is 5.10 Å². The second-order valence-electron chi connectivity index (χ2n) is 4.65. The van der Waals surface area contributed by atoms with E-state index in [1.54, 1.807) is 11.3 Å². The molecule has 0 aliphatic heterocycles.